The van der Waals surface area contributed by atoms with Crippen LogP contribution in [0.25, 0.3) is 5.57 Å². The van der Waals surface area contributed by atoms with Gasteiger partial charge in [-0.25, -0.2) is 4.39 Å². The van der Waals surface area contributed by atoms with E-state index in [0.29, 0.717) is 22.7 Å². The molecule has 4 aliphatic rings. The maximum atomic E-state index is 13.8. The summed E-state index contributed by atoms with van der Waals surface area (Å²) in [6, 6.07) is 1.65. The highest BCUT2D eigenvalue weighted by Crippen LogP contribution is 2.77. The minimum Gasteiger partial charge on any atom is -0.393 e. The molecule has 0 aliphatic heterocycles. The predicted molar refractivity (Wildman–Crippen MR) is 110 cm³/mol. The van der Waals surface area contributed by atoms with Crippen molar-refractivity contribution >= 4 is 5.57 Å². The number of pyridine rings is 1. The van der Waals surface area contributed by atoms with E-state index in [1.54, 1.807) is 6.07 Å². The molecule has 0 aromatic carbocycles. The fraction of sp³-hybridized carbons (Fsp3) is 0.720. The number of aliphatic hydroxyl groups excluding tert-OH is 1. The largest absolute Gasteiger partial charge is 0.393 e. The van der Waals surface area contributed by atoms with Gasteiger partial charge in [-0.3, -0.25) is 4.98 Å². The van der Waals surface area contributed by atoms with Crippen LogP contribution in [-0.2, 0) is 0 Å². The van der Waals surface area contributed by atoms with Crippen LogP contribution in [0.15, 0.2) is 24.5 Å². The molecular weight excluding hydrogens is 349 g/mol. The summed E-state index contributed by atoms with van der Waals surface area (Å²) < 4.78 is 13.8. The average molecular weight is 384 g/mol. The second-order valence-corrected chi connectivity index (χ2v) is 10.5. The molecule has 7 atom stereocenters. The number of halogens is 1. The van der Waals surface area contributed by atoms with E-state index in [2.05, 4.69) is 24.9 Å². The van der Waals surface area contributed by atoms with Crippen LogP contribution in [0.4, 0.5) is 4.39 Å². The molecule has 28 heavy (non-hydrogen) atoms. The van der Waals surface area contributed by atoms with Gasteiger partial charge in [0.25, 0.3) is 0 Å². The first kappa shape index (κ1) is 18.8. The molecule has 2 nitrogen and oxygen atoms in total. The highest BCUT2D eigenvalue weighted by atomic mass is 19.1. The van der Waals surface area contributed by atoms with Gasteiger partial charge in [-0.1, -0.05) is 19.9 Å². The Balaban J connectivity index is 1.41. The van der Waals surface area contributed by atoms with Crippen molar-refractivity contribution in [2.45, 2.75) is 77.7 Å². The fourth-order valence-electron chi connectivity index (χ4n) is 7.80. The van der Waals surface area contributed by atoms with Crippen molar-refractivity contribution in [3.05, 3.63) is 35.9 Å². The summed E-state index contributed by atoms with van der Waals surface area (Å²) in [5.41, 5.74) is 3.09. The van der Waals surface area contributed by atoms with Crippen molar-refractivity contribution in [2.24, 2.45) is 34.5 Å². The lowest BCUT2D eigenvalue weighted by Gasteiger charge is -2.56. The highest BCUT2D eigenvalue weighted by molar-refractivity contribution is 5.66. The maximum absolute atomic E-state index is 13.8. The predicted octanol–water partition coefficient (Wildman–Crippen LogP) is 6.01. The van der Waals surface area contributed by atoms with Crippen molar-refractivity contribution in [3.8, 4) is 0 Å². The van der Waals surface area contributed by atoms with Gasteiger partial charge >= 0.3 is 0 Å². The SMILES string of the molecule is CC1CCC2C(CCC=C1c1cncc(F)c1)CCC13CC1C(O)CCC23C. The summed E-state index contributed by atoms with van der Waals surface area (Å²) in [6.45, 7) is 4.88. The van der Waals surface area contributed by atoms with Crippen LogP contribution in [0.3, 0.4) is 0 Å². The molecule has 0 bridgehead atoms. The van der Waals surface area contributed by atoms with Gasteiger partial charge in [0.2, 0.25) is 0 Å². The van der Waals surface area contributed by atoms with Crippen molar-refractivity contribution in [2.75, 3.05) is 0 Å². The van der Waals surface area contributed by atoms with Gasteiger partial charge in [0, 0.05) is 6.20 Å². The van der Waals surface area contributed by atoms with E-state index in [-0.39, 0.29) is 11.9 Å². The molecule has 0 saturated heterocycles. The Hall–Kier alpha value is -1.22. The number of nitrogens with zero attached hydrogens (tertiary/aromatic N) is 1. The second-order valence-electron chi connectivity index (χ2n) is 10.5. The Bertz CT molecular complexity index is 791. The molecule has 7 unspecified atom stereocenters. The number of allylic oxidation sites excluding steroid dienone is 2. The van der Waals surface area contributed by atoms with Crippen molar-refractivity contribution in [1.82, 2.24) is 4.98 Å². The van der Waals surface area contributed by atoms with Crippen LogP contribution in [0.5, 0.6) is 0 Å². The summed E-state index contributed by atoms with van der Waals surface area (Å²) in [6.07, 6.45) is 16.4. The zero-order valence-corrected chi connectivity index (χ0v) is 17.3. The van der Waals surface area contributed by atoms with E-state index in [0.717, 1.165) is 30.2 Å². The maximum Gasteiger partial charge on any atom is 0.142 e. The normalized spacial score (nSPS) is 45.4. The number of rotatable bonds is 1. The minimum absolute atomic E-state index is 0.0476. The lowest BCUT2D eigenvalue weighted by atomic mass is 9.49. The van der Waals surface area contributed by atoms with E-state index in [1.165, 1.54) is 56.7 Å². The molecule has 3 fully saturated rings. The van der Waals surface area contributed by atoms with Crippen LogP contribution < -0.4 is 0 Å². The van der Waals surface area contributed by atoms with Gasteiger partial charge in [-0.15, -0.1) is 0 Å². The quantitative estimate of drug-likeness (QED) is 0.644. The number of fused-ring (bicyclic) bond motifs is 2. The van der Waals surface area contributed by atoms with Crippen LogP contribution in [0.2, 0.25) is 0 Å². The first-order valence-electron chi connectivity index (χ1n) is 11.4. The van der Waals surface area contributed by atoms with Gasteiger partial charge in [-0.2, -0.15) is 0 Å². The van der Waals surface area contributed by atoms with E-state index < -0.39 is 0 Å². The van der Waals surface area contributed by atoms with E-state index in [1.807, 2.05) is 6.20 Å². The summed E-state index contributed by atoms with van der Waals surface area (Å²) in [5, 5.41) is 10.5. The molecule has 0 amide bonds. The number of aromatic nitrogens is 1. The van der Waals surface area contributed by atoms with Gasteiger partial charge in [-0.05, 0) is 109 Å². The molecule has 3 heteroatoms. The van der Waals surface area contributed by atoms with E-state index >= 15 is 0 Å². The molecule has 1 aromatic rings. The fourth-order valence-corrected chi connectivity index (χ4v) is 7.80. The van der Waals surface area contributed by atoms with Crippen molar-refractivity contribution < 1.29 is 9.50 Å². The Morgan fingerprint density at radius 2 is 1.93 bits per heavy atom. The average Bonchev–Trinajstić information content (AvgIpc) is 3.40. The monoisotopic (exact) mass is 383 g/mol. The summed E-state index contributed by atoms with van der Waals surface area (Å²) in [4.78, 5) is 4.09. The van der Waals surface area contributed by atoms with Crippen LogP contribution in [0, 0.1) is 40.3 Å². The molecule has 1 heterocycles. The first-order chi connectivity index (χ1) is 13.4. The summed E-state index contributed by atoms with van der Waals surface area (Å²) in [5.74, 6) is 2.35. The number of hydrogen-bond donors (Lipinski definition) is 1. The first-order valence-corrected chi connectivity index (χ1v) is 11.4. The number of aliphatic hydroxyl groups is 1. The standard InChI is InChI=1S/C25H34FNO/c1-16-6-7-21-17(4-3-5-20(16)18-12-19(26)15-27-14-18)8-11-25-13-22(25)23(28)9-10-24(21,25)2/h5,12,14-17,21-23,28H,3-4,6-11,13H2,1-2H3. The van der Waals surface area contributed by atoms with E-state index in [4.69, 9.17) is 0 Å². The van der Waals surface area contributed by atoms with E-state index in [9.17, 15) is 9.50 Å². The highest BCUT2D eigenvalue weighted by Gasteiger charge is 2.71. The number of hydrogen-bond acceptors (Lipinski definition) is 2. The Morgan fingerprint density at radius 1 is 1.07 bits per heavy atom. The molecule has 1 spiro atoms. The smallest absolute Gasteiger partial charge is 0.142 e. The Morgan fingerprint density at radius 3 is 2.75 bits per heavy atom. The zero-order chi connectivity index (χ0) is 19.5. The summed E-state index contributed by atoms with van der Waals surface area (Å²) >= 11 is 0. The molecule has 1 aromatic heterocycles. The van der Waals surface area contributed by atoms with Crippen LogP contribution in [-0.4, -0.2) is 16.2 Å². The molecule has 152 valence electrons. The second kappa shape index (κ2) is 6.65. The Kier molecular flexibility index (Phi) is 4.46. The van der Waals surface area contributed by atoms with Crippen molar-refractivity contribution in [3.63, 3.8) is 0 Å². The Labute approximate surface area is 168 Å². The van der Waals surface area contributed by atoms with Gasteiger partial charge in [0.15, 0.2) is 0 Å². The lowest BCUT2D eigenvalue weighted by molar-refractivity contribution is -0.0873. The molecule has 0 radical (unpaired) electrons. The molecule has 4 aliphatic carbocycles. The van der Waals surface area contributed by atoms with Gasteiger partial charge in [0.05, 0.1) is 12.3 Å². The molecule has 5 rings (SSSR count). The third kappa shape index (κ3) is 2.72. The van der Waals surface area contributed by atoms with Gasteiger partial charge < -0.3 is 5.11 Å². The molecule has 1 N–H and O–H groups in total. The lowest BCUT2D eigenvalue weighted by Crippen LogP contribution is -2.49. The third-order valence-electron chi connectivity index (χ3n) is 9.43. The molecule has 3 saturated carbocycles. The third-order valence-corrected chi connectivity index (χ3v) is 9.43. The van der Waals surface area contributed by atoms with Crippen molar-refractivity contribution in [1.29, 1.82) is 0 Å². The minimum atomic E-state index is -0.242. The van der Waals surface area contributed by atoms with Crippen LogP contribution >= 0.6 is 0 Å². The summed E-state index contributed by atoms with van der Waals surface area (Å²) in [7, 11) is 0. The van der Waals surface area contributed by atoms with Crippen LogP contribution in [0.1, 0.15) is 77.2 Å². The topological polar surface area (TPSA) is 33.1 Å². The molecular formula is C25H34FNO. The zero-order valence-electron chi connectivity index (χ0n) is 17.3. The van der Waals surface area contributed by atoms with Gasteiger partial charge in [0.1, 0.15) is 5.82 Å².